The van der Waals surface area contributed by atoms with Crippen LogP contribution in [0.1, 0.15) is 27.0 Å². The Labute approximate surface area is 129 Å². The molecular weight excluding hydrogens is 290 g/mol. The third-order valence-corrected chi connectivity index (χ3v) is 4.07. The fourth-order valence-corrected chi connectivity index (χ4v) is 2.86. The minimum absolute atomic E-state index is 0.0466. The zero-order valence-electron chi connectivity index (χ0n) is 13.2. The van der Waals surface area contributed by atoms with Crippen molar-refractivity contribution in [1.29, 1.82) is 0 Å². The number of hydrogen-bond acceptors (Lipinski definition) is 6. The number of rotatable bonds is 4. The lowest BCUT2D eigenvalue weighted by Gasteiger charge is -2.22. The van der Waals surface area contributed by atoms with Crippen LogP contribution in [0.3, 0.4) is 0 Å². The predicted molar refractivity (Wildman–Crippen MR) is 84.9 cm³/mol. The van der Waals surface area contributed by atoms with Crippen molar-refractivity contribution in [3.05, 3.63) is 22.7 Å². The van der Waals surface area contributed by atoms with Gasteiger partial charge < -0.3 is 14.4 Å². The lowest BCUT2D eigenvalue weighted by atomic mass is 10.2. The van der Waals surface area contributed by atoms with Crippen LogP contribution in [0.4, 0.5) is 5.82 Å². The maximum atomic E-state index is 12.1. The van der Waals surface area contributed by atoms with E-state index < -0.39 is 0 Å². The zero-order chi connectivity index (χ0) is 15.6. The molecular formula is C14H23N3O3S. The molecule has 1 aromatic rings. The molecule has 1 aliphatic heterocycles. The Morgan fingerprint density at radius 3 is 2.81 bits per heavy atom. The average molecular weight is 313 g/mol. The van der Waals surface area contributed by atoms with Crippen molar-refractivity contribution in [3.8, 4) is 0 Å². The Kier molecular flexibility index (Phi) is 4.95. The van der Waals surface area contributed by atoms with Crippen LogP contribution in [0.2, 0.25) is 0 Å². The molecule has 1 fully saturated rings. The molecule has 1 aromatic heterocycles. The monoisotopic (exact) mass is 313 g/mol. The van der Waals surface area contributed by atoms with Gasteiger partial charge in [-0.05, 0) is 26.8 Å². The second kappa shape index (κ2) is 6.37. The summed E-state index contributed by atoms with van der Waals surface area (Å²) in [5, 5.41) is 0. The molecule has 1 aliphatic rings. The van der Waals surface area contributed by atoms with Gasteiger partial charge in [0.05, 0.1) is 12.2 Å². The number of nitrogens with zero attached hydrogens (tertiary/aromatic N) is 3. The highest BCUT2D eigenvalue weighted by molar-refractivity contribution is 8.00. The van der Waals surface area contributed by atoms with E-state index in [-0.39, 0.29) is 23.0 Å². The van der Waals surface area contributed by atoms with Crippen LogP contribution in [0, 0.1) is 0 Å². The molecule has 1 saturated heterocycles. The van der Waals surface area contributed by atoms with Gasteiger partial charge in [-0.25, -0.2) is 4.79 Å². The van der Waals surface area contributed by atoms with Crippen molar-refractivity contribution >= 4 is 17.6 Å². The van der Waals surface area contributed by atoms with Gasteiger partial charge in [-0.2, -0.15) is 4.98 Å². The van der Waals surface area contributed by atoms with Gasteiger partial charge in [-0.3, -0.25) is 4.57 Å². The molecule has 0 radical (unpaired) electrons. The maximum absolute atomic E-state index is 12.1. The van der Waals surface area contributed by atoms with Crippen LogP contribution in [0.5, 0.6) is 0 Å². The van der Waals surface area contributed by atoms with E-state index in [4.69, 9.17) is 9.47 Å². The summed E-state index contributed by atoms with van der Waals surface area (Å²) in [7, 11) is 3.71. The smallest absolute Gasteiger partial charge is 0.351 e. The van der Waals surface area contributed by atoms with Gasteiger partial charge in [0.2, 0.25) is 0 Å². The van der Waals surface area contributed by atoms with Crippen LogP contribution in [-0.2, 0) is 9.47 Å². The highest BCUT2D eigenvalue weighted by atomic mass is 32.2. The SMILES string of the molecule is CN(C)c1ccn([C@@H]2CSC(COC(C)(C)C)O2)c(=O)n1. The average Bonchev–Trinajstić information content (AvgIpc) is 2.84. The van der Waals surface area contributed by atoms with Crippen LogP contribution in [0.25, 0.3) is 0 Å². The first-order chi connectivity index (χ1) is 9.76. The van der Waals surface area contributed by atoms with Crippen molar-refractivity contribution in [2.75, 3.05) is 31.4 Å². The highest BCUT2D eigenvalue weighted by Gasteiger charge is 2.29. The molecule has 0 spiro atoms. The minimum Gasteiger partial charge on any atom is -0.372 e. The van der Waals surface area contributed by atoms with Crippen molar-refractivity contribution in [1.82, 2.24) is 9.55 Å². The summed E-state index contributed by atoms with van der Waals surface area (Å²) in [6, 6.07) is 1.81. The number of hydrogen-bond donors (Lipinski definition) is 0. The molecule has 6 nitrogen and oxygen atoms in total. The summed E-state index contributed by atoms with van der Waals surface area (Å²) in [5.74, 6) is 1.37. The molecule has 1 unspecified atom stereocenters. The fourth-order valence-electron chi connectivity index (χ4n) is 1.87. The normalized spacial score (nSPS) is 22.5. The van der Waals surface area contributed by atoms with Crippen LogP contribution in [0.15, 0.2) is 17.1 Å². The van der Waals surface area contributed by atoms with Gasteiger partial charge in [-0.1, -0.05) is 0 Å². The molecule has 0 bridgehead atoms. The summed E-state index contributed by atoms with van der Waals surface area (Å²) in [4.78, 5) is 17.9. The third-order valence-electron chi connectivity index (χ3n) is 2.97. The van der Waals surface area contributed by atoms with Crippen LogP contribution < -0.4 is 10.6 Å². The van der Waals surface area contributed by atoms with Gasteiger partial charge in [0.25, 0.3) is 0 Å². The molecule has 0 amide bonds. The quantitative estimate of drug-likeness (QED) is 0.843. The van der Waals surface area contributed by atoms with E-state index in [2.05, 4.69) is 4.98 Å². The Morgan fingerprint density at radius 1 is 1.52 bits per heavy atom. The maximum Gasteiger partial charge on any atom is 0.351 e. The first kappa shape index (κ1) is 16.3. The standard InChI is InChI=1S/C14H23N3O3S/c1-14(2,3)19-8-12-20-11(9-21-12)17-7-6-10(16(4)5)15-13(17)18/h6-7,11-12H,8-9H2,1-5H3/t11-,12?/m0/s1. The molecule has 2 rings (SSSR count). The van der Waals surface area contributed by atoms with E-state index in [0.29, 0.717) is 12.4 Å². The van der Waals surface area contributed by atoms with Crippen molar-refractivity contribution in [3.63, 3.8) is 0 Å². The second-order valence-corrected chi connectivity index (χ2v) is 7.34. The second-order valence-electron chi connectivity index (χ2n) is 6.15. The van der Waals surface area contributed by atoms with E-state index in [1.54, 1.807) is 22.9 Å². The summed E-state index contributed by atoms with van der Waals surface area (Å²) in [6.45, 7) is 6.55. The lowest BCUT2D eigenvalue weighted by molar-refractivity contribution is -0.0684. The predicted octanol–water partition coefficient (Wildman–Crippen LogP) is 1.71. The zero-order valence-corrected chi connectivity index (χ0v) is 14.0. The van der Waals surface area contributed by atoms with Crippen LogP contribution >= 0.6 is 11.8 Å². The number of ether oxygens (including phenoxy) is 2. The minimum atomic E-state index is -0.288. The topological polar surface area (TPSA) is 56.6 Å². The Hall–Kier alpha value is -1.05. The first-order valence-corrected chi connectivity index (χ1v) is 7.99. The van der Waals surface area contributed by atoms with Crippen LogP contribution in [-0.4, -0.2) is 47.0 Å². The van der Waals surface area contributed by atoms with Gasteiger partial charge in [0, 0.05) is 26.0 Å². The molecule has 7 heteroatoms. The fraction of sp³-hybridized carbons (Fsp3) is 0.714. The summed E-state index contributed by atoms with van der Waals surface area (Å²) < 4.78 is 13.1. The molecule has 2 heterocycles. The summed E-state index contributed by atoms with van der Waals surface area (Å²) in [6.07, 6.45) is 1.46. The van der Waals surface area contributed by atoms with E-state index in [9.17, 15) is 4.79 Å². The van der Waals surface area contributed by atoms with Crippen molar-refractivity contribution in [2.45, 2.75) is 38.0 Å². The Morgan fingerprint density at radius 2 is 2.24 bits per heavy atom. The number of anilines is 1. The highest BCUT2D eigenvalue weighted by Crippen LogP contribution is 2.31. The van der Waals surface area contributed by atoms with E-state index in [0.717, 1.165) is 5.75 Å². The molecule has 0 aromatic carbocycles. The molecule has 118 valence electrons. The molecule has 2 atom stereocenters. The lowest BCUT2D eigenvalue weighted by Crippen LogP contribution is -2.30. The Balaban J connectivity index is 2.00. The molecule has 0 aliphatic carbocycles. The van der Waals surface area contributed by atoms with E-state index >= 15 is 0 Å². The molecule has 21 heavy (non-hydrogen) atoms. The Bertz CT molecular complexity index is 539. The molecule has 0 saturated carbocycles. The first-order valence-electron chi connectivity index (χ1n) is 6.94. The van der Waals surface area contributed by atoms with Gasteiger partial charge in [-0.15, -0.1) is 11.8 Å². The number of thioether (sulfide) groups is 1. The van der Waals surface area contributed by atoms with Gasteiger partial charge in [0.15, 0.2) is 0 Å². The summed E-state index contributed by atoms with van der Waals surface area (Å²) in [5.41, 5.74) is -0.521. The van der Waals surface area contributed by atoms with E-state index in [1.807, 2.05) is 40.9 Å². The number of aromatic nitrogens is 2. The molecule has 0 N–H and O–H groups in total. The summed E-state index contributed by atoms with van der Waals surface area (Å²) >= 11 is 1.66. The largest absolute Gasteiger partial charge is 0.372 e. The van der Waals surface area contributed by atoms with Gasteiger partial charge >= 0.3 is 5.69 Å². The van der Waals surface area contributed by atoms with Gasteiger partial charge in [0.1, 0.15) is 17.5 Å². The third kappa shape index (κ3) is 4.46. The van der Waals surface area contributed by atoms with Crippen molar-refractivity contribution in [2.24, 2.45) is 0 Å². The van der Waals surface area contributed by atoms with Crippen molar-refractivity contribution < 1.29 is 9.47 Å². The van der Waals surface area contributed by atoms with E-state index in [1.165, 1.54) is 4.57 Å².